The quantitative estimate of drug-likeness (QED) is 0.323. The molecule has 4 fully saturated rings. The van der Waals surface area contributed by atoms with E-state index in [2.05, 4.69) is 30.9 Å². The van der Waals surface area contributed by atoms with E-state index < -0.39 is 5.97 Å². The lowest BCUT2D eigenvalue weighted by Gasteiger charge is -2.55. The van der Waals surface area contributed by atoms with Gasteiger partial charge in [-0.1, -0.05) is 23.4 Å². The molecule has 2 aromatic heterocycles. The van der Waals surface area contributed by atoms with Gasteiger partial charge in [-0.25, -0.2) is 9.78 Å². The van der Waals surface area contributed by atoms with Gasteiger partial charge in [0.05, 0.1) is 17.4 Å². The molecule has 10 nitrogen and oxygen atoms in total. The number of carboxylic acid groups (broad SMARTS) is 1. The molecule has 4 aliphatic rings. The molecule has 2 heterocycles. The summed E-state index contributed by atoms with van der Waals surface area (Å²) >= 11 is 0. The van der Waals surface area contributed by atoms with E-state index in [1.165, 1.54) is 31.4 Å². The average molecular weight is 524 g/mol. The first-order valence-corrected chi connectivity index (χ1v) is 13.5. The third-order valence-corrected chi connectivity index (χ3v) is 8.69. The summed E-state index contributed by atoms with van der Waals surface area (Å²) in [6, 6.07) is 14.3. The van der Waals surface area contributed by atoms with Crippen LogP contribution in [0.5, 0.6) is 0 Å². The molecule has 0 radical (unpaired) electrons. The summed E-state index contributed by atoms with van der Waals surface area (Å²) in [7, 11) is 0. The predicted octanol–water partition coefficient (Wildman–Crippen LogP) is 4.48. The predicted molar refractivity (Wildman–Crippen MR) is 144 cm³/mol. The van der Waals surface area contributed by atoms with Crippen LogP contribution in [0.4, 0.5) is 11.6 Å². The van der Waals surface area contributed by atoms with Gasteiger partial charge < -0.3 is 15.7 Å². The molecule has 0 aliphatic heterocycles. The molecule has 0 spiro atoms. The number of nitrogens with one attached hydrogen (secondary N) is 2. The standard InChI is InChI=1S/C29H29N7O3/c37-26(38)21-4-2-5-22(11-21)32-28-31-16-24-25(33-28)36(35-34-24)23-6-1-3-17(10-23)15-30-27(39)29-12-18-7-19(13-29)9-20(8-18)14-29/h1-6,10-11,16,18-20H,7-9,12-15H2,(H,30,39)(H,37,38)(H,31,32,33). The Balaban J connectivity index is 1.09. The van der Waals surface area contributed by atoms with E-state index in [0.29, 0.717) is 29.3 Å². The van der Waals surface area contributed by atoms with Gasteiger partial charge in [-0.3, -0.25) is 4.79 Å². The molecule has 4 saturated carbocycles. The Morgan fingerprint density at radius 1 is 1.00 bits per heavy atom. The number of anilines is 2. The highest BCUT2D eigenvalue weighted by Gasteiger charge is 2.54. The second kappa shape index (κ2) is 9.14. The van der Waals surface area contributed by atoms with E-state index in [0.717, 1.165) is 48.3 Å². The first-order valence-electron chi connectivity index (χ1n) is 13.5. The minimum atomic E-state index is -1.01. The molecule has 10 heteroatoms. The second-order valence-corrected chi connectivity index (χ2v) is 11.5. The summed E-state index contributed by atoms with van der Waals surface area (Å²) in [4.78, 5) is 33.6. The first kappa shape index (κ1) is 23.8. The molecule has 0 unspecified atom stereocenters. The molecule has 4 bridgehead atoms. The lowest BCUT2D eigenvalue weighted by atomic mass is 9.49. The largest absolute Gasteiger partial charge is 0.478 e. The van der Waals surface area contributed by atoms with Crippen LogP contribution in [0.1, 0.15) is 54.4 Å². The highest BCUT2D eigenvalue weighted by atomic mass is 16.4. The number of carboxylic acids is 1. The van der Waals surface area contributed by atoms with Gasteiger partial charge in [-0.15, -0.1) is 5.10 Å². The molecular weight excluding hydrogens is 494 g/mol. The highest BCUT2D eigenvalue weighted by Crippen LogP contribution is 2.60. The summed E-state index contributed by atoms with van der Waals surface area (Å²) < 4.78 is 1.64. The Morgan fingerprint density at radius 3 is 2.49 bits per heavy atom. The number of hydrogen-bond acceptors (Lipinski definition) is 7. The highest BCUT2D eigenvalue weighted by molar-refractivity contribution is 5.89. The number of rotatable bonds is 7. The molecule has 0 atom stereocenters. The normalized spacial score (nSPS) is 25.1. The maximum absolute atomic E-state index is 13.4. The zero-order chi connectivity index (χ0) is 26.6. The van der Waals surface area contributed by atoms with Crippen molar-refractivity contribution in [3.63, 3.8) is 0 Å². The SMILES string of the molecule is O=C(O)c1cccc(Nc2ncc3nnn(-c4cccc(CNC(=O)C56CC7CC(CC(C7)C5)C6)c4)c3n2)c1. The summed E-state index contributed by atoms with van der Waals surface area (Å²) in [5.41, 5.74) is 3.35. The van der Waals surface area contributed by atoms with E-state index in [9.17, 15) is 14.7 Å². The number of nitrogens with zero attached hydrogens (tertiary/aromatic N) is 5. The van der Waals surface area contributed by atoms with Crippen molar-refractivity contribution in [2.45, 2.75) is 45.1 Å². The molecule has 8 rings (SSSR count). The number of amides is 1. The average Bonchev–Trinajstić information content (AvgIpc) is 3.35. The van der Waals surface area contributed by atoms with Crippen LogP contribution in [0.3, 0.4) is 0 Å². The van der Waals surface area contributed by atoms with Crippen LogP contribution < -0.4 is 10.6 Å². The summed E-state index contributed by atoms with van der Waals surface area (Å²) in [5, 5.41) is 24.1. The number of benzene rings is 2. The van der Waals surface area contributed by atoms with E-state index in [1.54, 1.807) is 23.0 Å². The van der Waals surface area contributed by atoms with Crippen molar-refractivity contribution in [1.82, 2.24) is 30.3 Å². The molecule has 4 aromatic rings. The smallest absolute Gasteiger partial charge is 0.335 e. The van der Waals surface area contributed by atoms with Crippen LogP contribution in [-0.4, -0.2) is 41.9 Å². The molecule has 1 amide bonds. The van der Waals surface area contributed by atoms with Crippen molar-refractivity contribution >= 4 is 34.7 Å². The fourth-order valence-electron chi connectivity index (χ4n) is 7.38. The summed E-state index contributed by atoms with van der Waals surface area (Å²) in [6.45, 7) is 0.461. The van der Waals surface area contributed by atoms with Crippen LogP contribution in [0, 0.1) is 23.2 Å². The van der Waals surface area contributed by atoms with Gasteiger partial charge in [0.15, 0.2) is 11.2 Å². The van der Waals surface area contributed by atoms with E-state index >= 15 is 0 Å². The van der Waals surface area contributed by atoms with Crippen molar-refractivity contribution in [1.29, 1.82) is 0 Å². The van der Waals surface area contributed by atoms with E-state index in [1.807, 2.05) is 24.3 Å². The molecule has 39 heavy (non-hydrogen) atoms. The van der Waals surface area contributed by atoms with Gasteiger partial charge in [0, 0.05) is 17.6 Å². The molecular formula is C29H29N7O3. The number of aromatic carboxylic acids is 1. The minimum absolute atomic E-state index is 0.167. The number of fused-ring (bicyclic) bond motifs is 1. The van der Waals surface area contributed by atoms with Crippen LogP contribution in [0.2, 0.25) is 0 Å². The third-order valence-electron chi connectivity index (χ3n) is 8.69. The number of carbonyl (C=O) groups is 2. The molecule has 3 N–H and O–H groups in total. The van der Waals surface area contributed by atoms with Gasteiger partial charge in [0.2, 0.25) is 11.9 Å². The minimum Gasteiger partial charge on any atom is -0.478 e. The van der Waals surface area contributed by atoms with Crippen LogP contribution >= 0.6 is 0 Å². The van der Waals surface area contributed by atoms with Crippen molar-refractivity contribution < 1.29 is 14.7 Å². The van der Waals surface area contributed by atoms with E-state index in [-0.39, 0.29) is 16.9 Å². The van der Waals surface area contributed by atoms with Crippen molar-refractivity contribution in [2.24, 2.45) is 23.2 Å². The summed E-state index contributed by atoms with van der Waals surface area (Å²) in [6.07, 6.45) is 8.66. The topological polar surface area (TPSA) is 135 Å². The van der Waals surface area contributed by atoms with Crippen molar-refractivity contribution in [3.05, 3.63) is 65.9 Å². The Hall–Kier alpha value is -4.34. The molecule has 2 aromatic carbocycles. The first-order chi connectivity index (χ1) is 18.9. The molecule has 4 aliphatic carbocycles. The van der Waals surface area contributed by atoms with Gasteiger partial charge >= 0.3 is 5.97 Å². The van der Waals surface area contributed by atoms with Crippen LogP contribution in [0.15, 0.2) is 54.7 Å². The van der Waals surface area contributed by atoms with Gasteiger partial charge in [0.25, 0.3) is 0 Å². The van der Waals surface area contributed by atoms with E-state index in [4.69, 9.17) is 0 Å². The maximum Gasteiger partial charge on any atom is 0.335 e. The maximum atomic E-state index is 13.4. The Bertz CT molecular complexity index is 1560. The third kappa shape index (κ3) is 4.39. The monoisotopic (exact) mass is 523 g/mol. The fourth-order valence-corrected chi connectivity index (χ4v) is 7.38. The number of hydrogen-bond donors (Lipinski definition) is 3. The van der Waals surface area contributed by atoms with Gasteiger partial charge in [0.1, 0.15) is 0 Å². The van der Waals surface area contributed by atoms with Crippen LogP contribution in [-0.2, 0) is 11.3 Å². The zero-order valence-electron chi connectivity index (χ0n) is 21.4. The lowest BCUT2D eigenvalue weighted by Crippen LogP contribution is -2.53. The Kier molecular flexibility index (Phi) is 5.57. The number of carbonyl (C=O) groups excluding carboxylic acids is 1. The lowest BCUT2D eigenvalue weighted by molar-refractivity contribution is -0.146. The Labute approximate surface area is 224 Å². The second-order valence-electron chi connectivity index (χ2n) is 11.5. The number of aromatic nitrogens is 5. The van der Waals surface area contributed by atoms with Crippen molar-refractivity contribution in [3.8, 4) is 5.69 Å². The Morgan fingerprint density at radius 2 is 1.74 bits per heavy atom. The molecule has 198 valence electrons. The zero-order valence-corrected chi connectivity index (χ0v) is 21.4. The van der Waals surface area contributed by atoms with Gasteiger partial charge in [-0.2, -0.15) is 9.67 Å². The summed E-state index contributed by atoms with van der Waals surface area (Å²) in [5.74, 6) is 1.70. The van der Waals surface area contributed by atoms with Crippen LogP contribution in [0.25, 0.3) is 16.9 Å². The molecule has 0 saturated heterocycles. The van der Waals surface area contributed by atoms with Gasteiger partial charge in [-0.05, 0) is 92.2 Å². The fraction of sp³-hybridized carbons (Fsp3) is 0.379. The van der Waals surface area contributed by atoms with Crippen molar-refractivity contribution in [2.75, 3.05) is 5.32 Å².